The third-order valence-electron chi connectivity index (χ3n) is 2.88. The number of benzene rings is 2. The van der Waals surface area contributed by atoms with Crippen LogP contribution in [0.2, 0.25) is 0 Å². The lowest BCUT2D eigenvalue weighted by molar-refractivity contribution is 0.380. The lowest BCUT2D eigenvalue weighted by atomic mass is 10.1. The SMILES string of the molecule is CCCCc1ccccc1OP(O)Oc1ccccc1. The summed E-state index contributed by atoms with van der Waals surface area (Å²) in [4.78, 5) is 9.93. The van der Waals surface area contributed by atoms with E-state index in [1.54, 1.807) is 12.1 Å². The second-order valence-electron chi connectivity index (χ2n) is 4.44. The fourth-order valence-corrected chi connectivity index (χ4v) is 2.53. The van der Waals surface area contributed by atoms with Crippen LogP contribution in [0.5, 0.6) is 11.5 Å². The van der Waals surface area contributed by atoms with E-state index < -0.39 is 8.60 Å². The van der Waals surface area contributed by atoms with Crippen LogP contribution in [-0.2, 0) is 6.42 Å². The van der Waals surface area contributed by atoms with Gasteiger partial charge in [0, 0.05) is 0 Å². The van der Waals surface area contributed by atoms with E-state index in [0.717, 1.165) is 24.8 Å². The Hall–Kier alpha value is -1.57. The highest BCUT2D eigenvalue weighted by Gasteiger charge is 2.13. The molecule has 20 heavy (non-hydrogen) atoms. The minimum atomic E-state index is -1.96. The van der Waals surface area contributed by atoms with E-state index in [4.69, 9.17) is 9.05 Å². The molecule has 0 fully saturated rings. The number of hydrogen-bond acceptors (Lipinski definition) is 3. The topological polar surface area (TPSA) is 38.7 Å². The number of para-hydroxylation sites is 2. The van der Waals surface area contributed by atoms with Gasteiger partial charge < -0.3 is 13.9 Å². The van der Waals surface area contributed by atoms with Crippen LogP contribution >= 0.6 is 8.60 Å². The maximum absolute atomic E-state index is 9.93. The Morgan fingerprint density at radius 2 is 1.65 bits per heavy atom. The van der Waals surface area contributed by atoms with Gasteiger partial charge in [-0.2, -0.15) is 0 Å². The minimum absolute atomic E-state index is 0.604. The molecule has 2 aromatic carbocycles. The molecule has 0 aromatic heterocycles. The zero-order valence-electron chi connectivity index (χ0n) is 11.5. The fourth-order valence-electron chi connectivity index (χ4n) is 1.84. The molecule has 106 valence electrons. The summed E-state index contributed by atoms with van der Waals surface area (Å²) < 4.78 is 10.9. The van der Waals surface area contributed by atoms with Crippen molar-refractivity contribution >= 4 is 8.60 Å². The molecule has 0 amide bonds. The molecule has 1 N–H and O–H groups in total. The van der Waals surface area contributed by atoms with E-state index in [9.17, 15) is 4.89 Å². The molecule has 2 aromatic rings. The van der Waals surface area contributed by atoms with Gasteiger partial charge in [0.1, 0.15) is 11.5 Å². The third-order valence-corrected chi connectivity index (χ3v) is 3.60. The van der Waals surface area contributed by atoms with Gasteiger partial charge in [-0.25, -0.2) is 0 Å². The van der Waals surface area contributed by atoms with Gasteiger partial charge in [0.05, 0.1) is 0 Å². The third kappa shape index (κ3) is 4.52. The standard InChI is InChI=1S/C16H19O3P/c1-2-3-9-14-10-7-8-13-16(14)19-20(17)18-15-11-5-4-6-12-15/h4-8,10-13,17H,2-3,9H2,1H3. The van der Waals surface area contributed by atoms with Gasteiger partial charge in [0.15, 0.2) is 0 Å². The van der Waals surface area contributed by atoms with E-state index in [0.29, 0.717) is 11.5 Å². The summed E-state index contributed by atoms with van der Waals surface area (Å²) >= 11 is 0. The first-order chi connectivity index (χ1) is 9.79. The predicted molar refractivity (Wildman–Crippen MR) is 81.9 cm³/mol. The van der Waals surface area contributed by atoms with E-state index in [1.165, 1.54) is 0 Å². The van der Waals surface area contributed by atoms with Crippen LogP contribution in [0.1, 0.15) is 25.3 Å². The zero-order chi connectivity index (χ0) is 14.2. The highest BCUT2D eigenvalue weighted by atomic mass is 31.2. The van der Waals surface area contributed by atoms with Crippen molar-refractivity contribution in [3.05, 3.63) is 60.2 Å². The monoisotopic (exact) mass is 290 g/mol. The zero-order valence-corrected chi connectivity index (χ0v) is 12.4. The Morgan fingerprint density at radius 1 is 0.950 bits per heavy atom. The van der Waals surface area contributed by atoms with Crippen molar-refractivity contribution in [2.75, 3.05) is 0 Å². The Labute approximate surface area is 121 Å². The van der Waals surface area contributed by atoms with Gasteiger partial charge in [0.2, 0.25) is 0 Å². The summed E-state index contributed by atoms with van der Waals surface area (Å²) in [5.41, 5.74) is 1.10. The molecule has 0 radical (unpaired) electrons. The second kappa shape index (κ2) is 7.88. The summed E-state index contributed by atoms with van der Waals surface area (Å²) in [5.74, 6) is 1.30. The van der Waals surface area contributed by atoms with Crippen LogP contribution in [0.4, 0.5) is 0 Å². The molecule has 2 rings (SSSR count). The summed E-state index contributed by atoms with van der Waals surface area (Å²) in [5, 5.41) is 0. The average molecular weight is 290 g/mol. The van der Waals surface area contributed by atoms with Crippen LogP contribution in [0.25, 0.3) is 0 Å². The molecule has 0 spiro atoms. The number of rotatable bonds is 7. The maximum Gasteiger partial charge on any atom is 0.460 e. The lowest BCUT2D eigenvalue weighted by Crippen LogP contribution is -1.97. The molecule has 1 unspecified atom stereocenters. The van der Waals surface area contributed by atoms with Crippen LogP contribution in [-0.4, -0.2) is 4.89 Å². The van der Waals surface area contributed by atoms with Crippen molar-refractivity contribution in [2.24, 2.45) is 0 Å². The highest BCUT2D eigenvalue weighted by Crippen LogP contribution is 2.37. The normalized spacial score (nSPS) is 11.9. The highest BCUT2D eigenvalue weighted by molar-refractivity contribution is 7.41. The molecule has 3 nitrogen and oxygen atoms in total. The molecular weight excluding hydrogens is 271 g/mol. The van der Waals surface area contributed by atoms with Crippen LogP contribution in [0, 0.1) is 0 Å². The molecule has 0 heterocycles. The predicted octanol–water partition coefficient (Wildman–Crippen LogP) is 4.71. The fraction of sp³-hybridized carbons (Fsp3) is 0.250. The van der Waals surface area contributed by atoms with Crippen LogP contribution < -0.4 is 9.05 Å². The molecule has 0 aliphatic carbocycles. The molecule has 1 atom stereocenters. The number of unbranched alkanes of at least 4 members (excludes halogenated alkanes) is 1. The van der Waals surface area contributed by atoms with E-state index in [-0.39, 0.29) is 0 Å². The minimum Gasteiger partial charge on any atom is -0.418 e. The van der Waals surface area contributed by atoms with Crippen molar-refractivity contribution < 1.29 is 13.9 Å². The van der Waals surface area contributed by atoms with Gasteiger partial charge in [0.25, 0.3) is 0 Å². The van der Waals surface area contributed by atoms with Gasteiger partial charge in [-0.3, -0.25) is 0 Å². The molecule has 0 bridgehead atoms. The molecule has 0 saturated carbocycles. The Kier molecular flexibility index (Phi) is 5.85. The van der Waals surface area contributed by atoms with E-state index in [1.807, 2.05) is 42.5 Å². The van der Waals surface area contributed by atoms with Crippen molar-refractivity contribution in [3.8, 4) is 11.5 Å². The Morgan fingerprint density at radius 3 is 2.40 bits per heavy atom. The van der Waals surface area contributed by atoms with Gasteiger partial charge in [-0.05, 0) is 36.6 Å². The maximum atomic E-state index is 9.93. The molecular formula is C16H19O3P. The number of aryl methyl sites for hydroxylation is 1. The second-order valence-corrected chi connectivity index (χ2v) is 5.29. The largest absolute Gasteiger partial charge is 0.460 e. The Bertz CT molecular complexity index is 516. The van der Waals surface area contributed by atoms with Gasteiger partial charge in [-0.15, -0.1) is 0 Å². The van der Waals surface area contributed by atoms with Crippen molar-refractivity contribution in [1.82, 2.24) is 0 Å². The first-order valence-electron chi connectivity index (χ1n) is 6.77. The van der Waals surface area contributed by atoms with E-state index >= 15 is 0 Å². The summed E-state index contributed by atoms with van der Waals surface area (Å²) in [6.07, 6.45) is 3.17. The average Bonchev–Trinajstić information content (AvgIpc) is 2.47. The molecule has 0 aliphatic rings. The van der Waals surface area contributed by atoms with Crippen molar-refractivity contribution in [2.45, 2.75) is 26.2 Å². The molecule has 0 saturated heterocycles. The summed E-state index contributed by atoms with van der Waals surface area (Å²) in [7, 11) is -1.96. The van der Waals surface area contributed by atoms with Gasteiger partial charge in [-0.1, -0.05) is 49.7 Å². The first-order valence-corrected chi connectivity index (χ1v) is 7.90. The summed E-state index contributed by atoms with van der Waals surface area (Å²) in [6, 6.07) is 17.0. The molecule has 4 heteroatoms. The quantitative estimate of drug-likeness (QED) is 0.751. The lowest BCUT2D eigenvalue weighted by Gasteiger charge is -2.14. The smallest absolute Gasteiger partial charge is 0.418 e. The van der Waals surface area contributed by atoms with Crippen molar-refractivity contribution in [3.63, 3.8) is 0 Å². The van der Waals surface area contributed by atoms with Crippen LogP contribution in [0.3, 0.4) is 0 Å². The van der Waals surface area contributed by atoms with Crippen molar-refractivity contribution in [1.29, 1.82) is 0 Å². The molecule has 0 aliphatic heterocycles. The Balaban J connectivity index is 1.98. The summed E-state index contributed by atoms with van der Waals surface area (Å²) in [6.45, 7) is 2.15. The van der Waals surface area contributed by atoms with Gasteiger partial charge >= 0.3 is 8.60 Å². The van der Waals surface area contributed by atoms with E-state index in [2.05, 4.69) is 6.92 Å². The first kappa shape index (κ1) is 14.8. The number of hydrogen-bond donors (Lipinski definition) is 1. The van der Waals surface area contributed by atoms with Crippen LogP contribution in [0.15, 0.2) is 54.6 Å².